The minimum Gasteiger partial charge on any atom is -0.497 e. The molecule has 1 spiro atoms. The Morgan fingerprint density at radius 3 is 2.63 bits per heavy atom. The minimum absolute atomic E-state index is 0.183. The summed E-state index contributed by atoms with van der Waals surface area (Å²) in [6.45, 7) is 0. The van der Waals surface area contributed by atoms with Crippen molar-refractivity contribution in [2.24, 2.45) is 5.10 Å². The average Bonchev–Trinajstić information content (AvgIpc) is 3.16. The Kier molecular flexibility index (Phi) is 4.05. The largest absolute Gasteiger partial charge is 0.497 e. The van der Waals surface area contributed by atoms with Gasteiger partial charge in [-0.25, -0.2) is 5.01 Å². The fourth-order valence-electron chi connectivity index (χ4n) is 4.65. The lowest BCUT2D eigenvalue weighted by molar-refractivity contribution is -0.140. The third-order valence-electron chi connectivity index (χ3n) is 6.02. The molecule has 0 aromatic heterocycles. The van der Waals surface area contributed by atoms with Crippen molar-refractivity contribution >= 4 is 17.3 Å². The minimum atomic E-state index is -0.321. The van der Waals surface area contributed by atoms with Crippen LogP contribution in [0.3, 0.4) is 0 Å². The highest BCUT2D eigenvalue weighted by molar-refractivity contribution is 6.30. The van der Waals surface area contributed by atoms with E-state index in [9.17, 15) is 0 Å². The highest BCUT2D eigenvalue weighted by Gasteiger charge is 2.50. The molecule has 140 valence electrons. The van der Waals surface area contributed by atoms with Crippen LogP contribution in [-0.2, 0) is 0 Å². The fraction of sp³-hybridized carbons (Fsp3) is 0.409. The molecule has 5 rings (SSSR count). The average molecular weight is 383 g/mol. The number of rotatable bonds is 2. The molecule has 2 heterocycles. The van der Waals surface area contributed by atoms with Gasteiger partial charge >= 0.3 is 0 Å². The van der Waals surface area contributed by atoms with Crippen LogP contribution in [0.5, 0.6) is 11.5 Å². The number of ether oxygens (including phenoxy) is 2. The van der Waals surface area contributed by atoms with Crippen molar-refractivity contribution in [1.29, 1.82) is 0 Å². The zero-order valence-corrected chi connectivity index (χ0v) is 16.2. The molecule has 0 saturated heterocycles. The normalized spacial score (nSPS) is 22.7. The Bertz CT molecular complexity index is 888. The maximum absolute atomic E-state index is 6.59. The van der Waals surface area contributed by atoms with E-state index in [-0.39, 0.29) is 11.8 Å². The van der Waals surface area contributed by atoms with Crippen LogP contribution >= 0.6 is 11.6 Å². The Morgan fingerprint density at radius 2 is 1.89 bits per heavy atom. The molecule has 0 radical (unpaired) electrons. The van der Waals surface area contributed by atoms with Crippen LogP contribution in [0.2, 0.25) is 5.02 Å². The van der Waals surface area contributed by atoms with E-state index in [0.717, 1.165) is 52.6 Å². The summed E-state index contributed by atoms with van der Waals surface area (Å²) in [7, 11) is 1.69. The van der Waals surface area contributed by atoms with Crippen LogP contribution in [0.1, 0.15) is 55.7 Å². The number of nitrogens with zero attached hydrogens (tertiary/aromatic N) is 2. The number of hydrogen-bond acceptors (Lipinski definition) is 4. The second-order valence-electron chi connectivity index (χ2n) is 7.63. The summed E-state index contributed by atoms with van der Waals surface area (Å²) in [5, 5.41) is 8.07. The van der Waals surface area contributed by atoms with Gasteiger partial charge in [0.1, 0.15) is 11.5 Å². The van der Waals surface area contributed by atoms with E-state index >= 15 is 0 Å². The van der Waals surface area contributed by atoms with Gasteiger partial charge in [0.25, 0.3) is 0 Å². The summed E-state index contributed by atoms with van der Waals surface area (Å²) in [5.74, 6) is 1.83. The van der Waals surface area contributed by atoms with Gasteiger partial charge < -0.3 is 9.47 Å². The highest BCUT2D eigenvalue weighted by atomic mass is 35.5. The first-order valence-corrected chi connectivity index (χ1v) is 10.1. The molecule has 2 aliphatic heterocycles. The van der Waals surface area contributed by atoms with Crippen molar-refractivity contribution in [3.63, 3.8) is 0 Å². The number of hydrogen-bond donors (Lipinski definition) is 0. The summed E-state index contributed by atoms with van der Waals surface area (Å²) in [6.07, 6.45) is 6.53. The van der Waals surface area contributed by atoms with Crippen LogP contribution in [0.25, 0.3) is 0 Å². The van der Waals surface area contributed by atoms with Crippen molar-refractivity contribution in [1.82, 2.24) is 5.01 Å². The van der Waals surface area contributed by atoms with E-state index in [0.29, 0.717) is 0 Å². The van der Waals surface area contributed by atoms with Gasteiger partial charge in [-0.2, -0.15) is 5.10 Å². The first-order chi connectivity index (χ1) is 13.2. The van der Waals surface area contributed by atoms with E-state index in [1.165, 1.54) is 19.3 Å². The zero-order chi connectivity index (χ0) is 18.4. The topological polar surface area (TPSA) is 34.1 Å². The lowest BCUT2D eigenvalue weighted by Crippen LogP contribution is -2.54. The van der Waals surface area contributed by atoms with E-state index in [4.69, 9.17) is 26.2 Å². The highest BCUT2D eigenvalue weighted by Crippen LogP contribution is 2.51. The molecule has 0 amide bonds. The molecule has 1 aliphatic carbocycles. The van der Waals surface area contributed by atoms with Gasteiger partial charge in [0.15, 0.2) is 5.72 Å². The second kappa shape index (κ2) is 6.45. The smallest absolute Gasteiger partial charge is 0.198 e. The quantitative estimate of drug-likeness (QED) is 0.682. The summed E-state index contributed by atoms with van der Waals surface area (Å²) < 4.78 is 11.9. The van der Waals surface area contributed by atoms with Gasteiger partial charge in [0.2, 0.25) is 0 Å². The van der Waals surface area contributed by atoms with Gasteiger partial charge in [-0.15, -0.1) is 0 Å². The van der Waals surface area contributed by atoms with Crippen molar-refractivity contribution < 1.29 is 9.47 Å². The van der Waals surface area contributed by atoms with Crippen molar-refractivity contribution in [3.8, 4) is 11.5 Å². The van der Waals surface area contributed by atoms with Gasteiger partial charge in [0.05, 0.1) is 18.9 Å². The van der Waals surface area contributed by atoms with Crippen LogP contribution < -0.4 is 9.47 Å². The summed E-state index contributed by atoms with van der Waals surface area (Å²) in [6, 6.07) is 14.3. The summed E-state index contributed by atoms with van der Waals surface area (Å²) in [5.41, 5.74) is 3.06. The Morgan fingerprint density at radius 1 is 1.11 bits per heavy atom. The monoisotopic (exact) mass is 382 g/mol. The van der Waals surface area contributed by atoms with E-state index < -0.39 is 0 Å². The number of halogens is 1. The molecule has 4 nitrogen and oxygen atoms in total. The SMILES string of the molecule is COc1ccc(C2=NN3[C@@H](C2)c2cc(Cl)ccc2OC32CCCCC2)cc1. The molecule has 2 aromatic rings. The molecule has 0 bridgehead atoms. The van der Waals surface area contributed by atoms with E-state index in [1.807, 2.05) is 30.3 Å². The van der Waals surface area contributed by atoms with Crippen LogP contribution in [-0.4, -0.2) is 23.6 Å². The number of methoxy groups -OCH3 is 1. The molecule has 0 N–H and O–H groups in total. The lowest BCUT2D eigenvalue weighted by atomic mass is 9.86. The summed E-state index contributed by atoms with van der Waals surface area (Å²) >= 11 is 6.31. The Labute approximate surface area is 164 Å². The van der Waals surface area contributed by atoms with Crippen molar-refractivity contribution in [2.45, 2.75) is 50.3 Å². The van der Waals surface area contributed by atoms with Gasteiger partial charge in [0, 0.05) is 29.8 Å². The zero-order valence-electron chi connectivity index (χ0n) is 15.5. The standard InChI is InChI=1S/C22H23ClN2O2/c1-26-17-8-5-15(6-9-17)19-14-20-18-13-16(23)7-10-21(18)27-22(25(20)24-19)11-3-2-4-12-22/h5-10,13,20H,2-4,11-12,14H2,1H3/t20-/m0/s1. The summed E-state index contributed by atoms with van der Waals surface area (Å²) in [4.78, 5) is 0. The van der Waals surface area contributed by atoms with E-state index in [2.05, 4.69) is 17.1 Å². The first-order valence-electron chi connectivity index (χ1n) is 9.68. The van der Waals surface area contributed by atoms with Crippen LogP contribution in [0.4, 0.5) is 0 Å². The molecular formula is C22H23ClN2O2. The second-order valence-corrected chi connectivity index (χ2v) is 8.07. The Hall–Kier alpha value is -2.20. The van der Waals surface area contributed by atoms with Gasteiger partial charge in [-0.1, -0.05) is 18.0 Å². The van der Waals surface area contributed by atoms with Crippen LogP contribution in [0, 0.1) is 0 Å². The molecule has 1 fully saturated rings. The molecule has 5 heteroatoms. The molecule has 2 aromatic carbocycles. The third-order valence-corrected chi connectivity index (χ3v) is 6.25. The van der Waals surface area contributed by atoms with Crippen molar-refractivity contribution in [3.05, 3.63) is 58.6 Å². The molecule has 0 unspecified atom stereocenters. The maximum atomic E-state index is 6.59. The van der Waals surface area contributed by atoms with Crippen LogP contribution in [0.15, 0.2) is 47.6 Å². The number of fused-ring (bicyclic) bond motifs is 4. The predicted octanol–water partition coefficient (Wildman–Crippen LogP) is 5.55. The molecule has 3 aliphatic rings. The lowest BCUT2D eigenvalue weighted by Gasteiger charge is -2.49. The number of hydrazone groups is 1. The molecule has 27 heavy (non-hydrogen) atoms. The van der Waals surface area contributed by atoms with Gasteiger partial charge in [-0.05, 0) is 60.9 Å². The number of benzene rings is 2. The fourth-order valence-corrected chi connectivity index (χ4v) is 4.83. The molecule has 1 saturated carbocycles. The third kappa shape index (κ3) is 2.78. The van der Waals surface area contributed by atoms with Gasteiger partial charge in [-0.3, -0.25) is 0 Å². The maximum Gasteiger partial charge on any atom is 0.198 e. The first kappa shape index (κ1) is 16.9. The van der Waals surface area contributed by atoms with Crippen molar-refractivity contribution in [2.75, 3.05) is 7.11 Å². The molecular weight excluding hydrogens is 360 g/mol. The predicted molar refractivity (Wildman–Crippen MR) is 107 cm³/mol. The Balaban J connectivity index is 1.57. The molecule has 1 atom stereocenters. The van der Waals surface area contributed by atoms with E-state index in [1.54, 1.807) is 7.11 Å².